The van der Waals surface area contributed by atoms with Gasteiger partial charge in [-0.25, -0.2) is 4.79 Å². The van der Waals surface area contributed by atoms with Crippen LogP contribution in [0.25, 0.3) is 11.1 Å². The van der Waals surface area contributed by atoms with Crippen LogP contribution in [0.3, 0.4) is 0 Å². The van der Waals surface area contributed by atoms with E-state index in [2.05, 4.69) is 16.4 Å². The van der Waals surface area contributed by atoms with Crippen LogP contribution in [0, 0.1) is 5.41 Å². The molecule has 3 rings (SSSR count). The highest BCUT2D eigenvalue weighted by atomic mass is 16.4. The number of benzene rings is 1. The van der Waals surface area contributed by atoms with Crippen molar-refractivity contribution in [2.24, 2.45) is 5.41 Å². The Morgan fingerprint density at radius 2 is 2.29 bits per heavy atom. The average Bonchev–Trinajstić information content (AvgIpc) is 2.91. The van der Waals surface area contributed by atoms with Gasteiger partial charge in [0, 0.05) is 6.54 Å². The molecule has 1 aliphatic rings. The predicted octanol–water partition coefficient (Wildman–Crippen LogP) is 1.66. The lowest BCUT2D eigenvalue weighted by Crippen LogP contribution is -2.21. The van der Waals surface area contributed by atoms with E-state index >= 15 is 0 Å². The molecule has 1 fully saturated rings. The van der Waals surface area contributed by atoms with Gasteiger partial charge >= 0.3 is 5.76 Å². The van der Waals surface area contributed by atoms with Crippen LogP contribution in [0.5, 0.6) is 0 Å². The Labute approximate surface area is 99.0 Å². The van der Waals surface area contributed by atoms with Crippen molar-refractivity contribution in [2.75, 3.05) is 13.6 Å². The Morgan fingerprint density at radius 3 is 3.00 bits per heavy atom. The summed E-state index contributed by atoms with van der Waals surface area (Å²) in [6.07, 6.45) is 3.62. The molecule has 1 saturated carbocycles. The molecule has 90 valence electrons. The maximum atomic E-state index is 11.1. The van der Waals surface area contributed by atoms with E-state index in [0.717, 1.165) is 18.5 Å². The molecule has 1 aliphatic carbocycles. The fraction of sp³-hybridized carbons (Fsp3) is 0.462. The second kappa shape index (κ2) is 3.74. The Bertz CT molecular complexity index is 593. The van der Waals surface area contributed by atoms with Gasteiger partial charge in [-0.1, -0.05) is 6.07 Å². The van der Waals surface area contributed by atoms with Crippen LogP contribution in [-0.2, 0) is 6.42 Å². The number of fused-ring (bicyclic) bond motifs is 1. The molecule has 0 atom stereocenters. The Balaban J connectivity index is 1.88. The molecule has 0 spiro atoms. The van der Waals surface area contributed by atoms with Gasteiger partial charge in [0.05, 0.1) is 5.52 Å². The van der Waals surface area contributed by atoms with Crippen LogP contribution in [0.4, 0.5) is 0 Å². The minimum atomic E-state index is -0.381. The van der Waals surface area contributed by atoms with Crippen LogP contribution >= 0.6 is 0 Å². The highest BCUT2D eigenvalue weighted by Crippen LogP contribution is 2.47. The zero-order valence-electron chi connectivity index (χ0n) is 9.88. The standard InChI is InChI=1S/C13H16N2O2/c1-14-8-13(4-5-13)7-9-2-3-10-11(6-9)17-12(16)15-10/h2-3,6,14H,4-5,7-8H2,1H3,(H,15,16). The first-order valence-corrected chi connectivity index (χ1v) is 5.97. The molecule has 4 nitrogen and oxygen atoms in total. The van der Waals surface area contributed by atoms with Crippen LogP contribution in [-0.4, -0.2) is 18.6 Å². The molecule has 0 radical (unpaired) electrons. The Hall–Kier alpha value is -1.55. The van der Waals surface area contributed by atoms with Crippen molar-refractivity contribution >= 4 is 11.1 Å². The molecule has 0 saturated heterocycles. The molecule has 2 N–H and O–H groups in total. The number of nitrogens with one attached hydrogen (secondary N) is 2. The minimum Gasteiger partial charge on any atom is -0.408 e. The van der Waals surface area contributed by atoms with Gasteiger partial charge in [0.15, 0.2) is 5.58 Å². The summed E-state index contributed by atoms with van der Waals surface area (Å²) in [6.45, 7) is 1.06. The highest BCUT2D eigenvalue weighted by Gasteiger charge is 2.41. The number of oxazole rings is 1. The molecule has 0 amide bonds. The van der Waals surface area contributed by atoms with Gasteiger partial charge in [-0.05, 0) is 49.4 Å². The van der Waals surface area contributed by atoms with Gasteiger partial charge in [0.25, 0.3) is 0 Å². The zero-order valence-corrected chi connectivity index (χ0v) is 9.88. The second-order valence-corrected chi connectivity index (χ2v) is 5.05. The summed E-state index contributed by atoms with van der Waals surface area (Å²) in [5, 5.41) is 3.25. The molecular weight excluding hydrogens is 216 g/mol. The number of aromatic nitrogens is 1. The van der Waals surface area contributed by atoms with Crippen LogP contribution < -0.4 is 11.1 Å². The summed E-state index contributed by atoms with van der Waals surface area (Å²) < 4.78 is 5.08. The lowest BCUT2D eigenvalue weighted by molar-refractivity contribution is 0.478. The van der Waals surface area contributed by atoms with Gasteiger partial charge in [-0.2, -0.15) is 0 Å². The van der Waals surface area contributed by atoms with E-state index in [4.69, 9.17) is 4.42 Å². The number of hydrogen-bond donors (Lipinski definition) is 2. The van der Waals surface area contributed by atoms with Crippen molar-refractivity contribution in [2.45, 2.75) is 19.3 Å². The summed E-state index contributed by atoms with van der Waals surface area (Å²) in [5.41, 5.74) is 3.11. The minimum absolute atomic E-state index is 0.381. The van der Waals surface area contributed by atoms with Crippen molar-refractivity contribution in [3.05, 3.63) is 34.3 Å². The predicted molar refractivity (Wildman–Crippen MR) is 66.1 cm³/mol. The first-order chi connectivity index (χ1) is 8.21. The zero-order chi connectivity index (χ0) is 11.9. The molecule has 4 heteroatoms. The van der Waals surface area contributed by atoms with Gasteiger partial charge in [-0.15, -0.1) is 0 Å². The molecule has 0 aliphatic heterocycles. The summed E-state index contributed by atoms with van der Waals surface area (Å²) in [7, 11) is 1.99. The monoisotopic (exact) mass is 232 g/mol. The lowest BCUT2D eigenvalue weighted by Gasteiger charge is -2.14. The maximum Gasteiger partial charge on any atom is 0.417 e. The summed E-state index contributed by atoms with van der Waals surface area (Å²) >= 11 is 0. The highest BCUT2D eigenvalue weighted by molar-refractivity contribution is 5.72. The fourth-order valence-corrected chi connectivity index (χ4v) is 2.50. The number of H-pyrrole nitrogens is 1. The molecule has 1 heterocycles. The van der Waals surface area contributed by atoms with Gasteiger partial charge in [-0.3, -0.25) is 4.98 Å². The van der Waals surface area contributed by atoms with E-state index in [1.807, 2.05) is 19.2 Å². The second-order valence-electron chi connectivity index (χ2n) is 5.05. The molecule has 1 aromatic carbocycles. The normalized spacial score (nSPS) is 17.5. The Morgan fingerprint density at radius 1 is 1.47 bits per heavy atom. The van der Waals surface area contributed by atoms with Crippen molar-refractivity contribution < 1.29 is 4.42 Å². The van der Waals surface area contributed by atoms with E-state index < -0.39 is 0 Å². The van der Waals surface area contributed by atoms with Crippen LogP contribution in [0.2, 0.25) is 0 Å². The van der Waals surface area contributed by atoms with E-state index in [1.165, 1.54) is 18.4 Å². The van der Waals surface area contributed by atoms with Gasteiger partial charge in [0.2, 0.25) is 0 Å². The third kappa shape index (κ3) is 2.00. The first kappa shape index (κ1) is 10.6. The molecule has 0 unspecified atom stereocenters. The molecule has 17 heavy (non-hydrogen) atoms. The van der Waals surface area contributed by atoms with E-state index in [0.29, 0.717) is 11.0 Å². The van der Waals surface area contributed by atoms with Crippen LogP contribution in [0.15, 0.2) is 27.4 Å². The largest absolute Gasteiger partial charge is 0.417 e. The van der Waals surface area contributed by atoms with Crippen molar-refractivity contribution in [1.82, 2.24) is 10.3 Å². The summed E-state index contributed by atoms with van der Waals surface area (Å²) in [6, 6.07) is 5.97. The quantitative estimate of drug-likeness (QED) is 0.843. The van der Waals surface area contributed by atoms with Crippen molar-refractivity contribution in [3.63, 3.8) is 0 Å². The van der Waals surface area contributed by atoms with Gasteiger partial charge in [0.1, 0.15) is 0 Å². The molecular formula is C13H16N2O2. The smallest absolute Gasteiger partial charge is 0.408 e. The topological polar surface area (TPSA) is 58.0 Å². The van der Waals surface area contributed by atoms with E-state index in [-0.39, 0.29) is 5.76 Å². The van der Waals surface area contributed by atoms with Crippen LogP contribution in [0.1, 0.15) is 18.4 Å². The fourth-order valence-electron chi connectivity index (χ4n) is 2.50. The van der Waals surface area contributed by atoms with Crippen molar-refractivity contribution in [3.8, 4) is 0 Å². The van der Waals surface area contributed by atoms with Gasteiger partial charge < -0.3 is 9.73 Å². The van der Waals surface area contributed by atoms with E-state index in [9.17, 15) is 4.79 Å². The van der Waals surface area contributed by atoms with E-state index in [1.54, 1.807) is 0 Å². The maximum absolute atomic E-state index is 11.1. The molecule has 0 bridgehead atoms. The molecule has 2 aromatic rings. The van der Waals surface area contributed by atoms with Crippen molar-refractivity contribution in [1.29, 1.82) is 0 Å². The third-order valence-corrected chi connectivity index (χ3v) is 3.57. The Kier molecular flexibility index (Phi) is 2.33. The number of rotatable bonds is 4. The number of aromatic amines is 1. The summed E-state index contributed by atoms with van der Waals surface area (Å²) in [5.74, 6) is -0.381. The number of hydrogen-bond acceptors (Lipinski definition) is 3. The average molecular weight is 232 g/mol. The SMILES string of the molecule is CNCC1(Cc2ccc3[nH]c(=O)oc3c2)CC1. The first-order valence-electron chi connectivity index (χ1n) is 5.97. The lowest BCUT2D eigenvalue weighted by atomic mass is 9.96. The third-order valence-electron chi connectivity index (χ3n) is 3.57. The molecule has 1 aromatic heterocycles. The summed E-state index contributed by atoms with van der Waals surface area (Å²) in [4.78, 5) is 13.7.